The molecule has 7 heteroatoms. The molecule has 176 valence electrons. The number of benzene rings is 3. The molecule has 1 heterocycles. The molecule has 0 saturated carbocycles. The summed E-state index contributed by atoms with van der Waals surface area (Å²) in [4.78, 5) is 49.1. The number of hydrogen-bond donors (Lipinski definition) is 2. The number of fused-ring (bicyclic) bond motifs is 1. The summed E-state index contributed by atoms with van der Waals surface area (Å²) in [6, 6.07) is 22.3. The standard InChI is InChI=1S/C28H24N2O5/c1-2-9-21-24(26(32)27(29)33)23-20(25(31)28(34)35)14-8-15-22(23)30(21)16-18-12-6-7-13-19(18)17-10-4-3-5-11-17/h3-8,10-15H,2,9,16H2,1H3,(H2,29,33)(H,34,35). The summed E-state index contributed by atoms with van der Waals surface area (Å²) in [7, 11) is 0. The van der Waals surface area contributed by atoms with Crippen molar-refractivity contribution >= 4 is 34.3 Å². The van der Waals surface area contributed by atoms with Crippen LogP contribution in [0.4, 0.5) is 0 Å². The van der Waals surface area contributed by atoms with Crippen LogP contribution in [0.3, 0.4) is 0 Å². The normalized spacial score (nSPS) is 10.9. The van der Waals surface area contributed by atoms with E-state index in [1.54, 1.807) is 12.1 Å². The number of nitrogens with zero attached hydrogens (tertiary/aromatic N) is 1. The molecule has 0 bridgehead atoms. The highest BCUT2D eigenvalue weighted by Crippen LogP contribution is 2.33. The Labute approximate surface area is 201 Å². The zero-order valence-corrected chi connectivity index (χ0v) is 19.2. The Kier molecular flexibility index (Phi) is 6.59. The van der Waals surface area contributed by atoms with Crippen LogP contribution < -0.4 is 5.73 Å². The van der Waals surface area contributed by atoms with Crippen molar-refractivity contribution in [2.24, 2.45) is 5.73 Å². The molecular weight excluding hydrogens is 444 g/mol. The largest absolute Gasteiger partial charge is 0.475 e. The van der Waals surface area contributed by atoms with E-state index in [4.69, 9.17) is 5.73 Å². The second kappa shape index (κ2) is 9.77. The fourth-order valence-corrected chi connectivity index (χ4v) is 4.53. The summed E-state index contributed by atoms with van der Waals surface area (Å²) in [6.07, 6.45) is 1.08. The van der Waals surface area contributed by atoms with Gasteiger partial charge in [0.1, 0.15) is 0 Å². The molecule has 7 nitrogen and oxygen atoms in total. The van der Waals surface area contributed by atoms with E-state index in [0.717, 1.165) is 16.7 Å². The van der Waals surface area contributed by atoms with Gasteiger partial charge in [-0.25, -0.2) is 4.79 Å². The van der Waals surface area contributed by atoms with E-state index in [9.17, 15) is 24.3 Å². The number of rotatable bonds is 9. The third kappa shape index (κ3) is 4.36. The van der Waals surface area contributed by atoms with Crippen molar-refractivity contribution in [2.75, 3.05) is 0 Å². The quantitative estimate of drug-likeness (QED) is 0.281. The first kappa shape index (κ1) is 23.6. The van der Waals surface area contributed by atoms with Crippen molar-refractivity contribution < 1.29 is 24.3 Å². The van der Waals surface area contributed by atoms with Crippen LogP contribution in [-0.4, -0.2) is 33.1 Å². The monoisotopic (exact) mass is 468 g/mol. The predicted octanol–water partition coefficient (Wildman–Crippen LogP) is 4.24. The Balaban J connectivity index is 2.03. The summed E-state index contributed by atoms with van der Waals surface area (Å²) in [5, 5.41) is 9.52. The van der Waals surface area contributed by atoms with Gasteiger partial charge >= 0.3 is 5.97 Å². The summed E-state index contributed by atoms with van der Waals surface area (Å²) in [6.45, 7) is 2.27. The van der Waals surface area contributed by atoms with Crippen molar-refractivity contribution in [3.8, 4) is 11.1 Å². The molecule has 0 aliphatic carbocycles. The number of nitrogens with two attached hydrogens (primary N) is 1. The lowest BCUT2D eigenvalue weighted by atomic mass is 9.97. The number of Topliss-reactive ketones (excluding diaryl/α,β-unsaturated/α-hetero) is 2. The van der Waals surface area contributed by atoms with Crippen LogP contribution in [0, 0.1) is 0 Å². The van der Waals surface area contributed by atoms with Gasteiger partial charge < -0.3 is 15.4 Å². The first-order valence-corrected chi connectivity index (χ1v) is 11.2. The predicted molar refractivity (Wildman–Crippen MR) is 132 cm³/mol. The van der Waals surface area contributed by atoms with Gasteiger partial charge in [0.25, 0.3) is 17.5 Å². The molecule has 4 aromatic rings. The minimum Gasteiger partial charge on any atom is -0.475 e. The van der Waals surface area contributed by atoms with Gasteiger partial charge in [-0.2, -0.15) is 0 Å². The first-order chi connectivity index (χ1) is 16.8. The lowest BCUT2D eigenvalue weighted by Gasteiger charge is -2.15. The van der Waals surface area contributed by atoms with Gasteiger partial charge in [-0.3, -0.25) is 14.4 Å². The van der Waals surface area contributed by atoms with E-state index >= 15 is 0 Å². The van der Waals surface area contributed by atoms with Gasteiger partial charge in [0.2, 0.25) is 0 Å². The number of aromatic nitrogens is 1. The number of carboxylic acids is 1. The van der Waals surface area contributed by atoms with E-state index < -0.39 is 23.4 Å². The molecule has 0 aliphatic heterocycles. The van der Waals surface area contributed by atoms with Crippen molar-refractivity contribution in [2.45, 2.75) is 26.3 Å². The average Bonchev–Trinajstić information content (AvgIpc) is 3.17. The van der Waals surface area contributed by atoms with Crippen LogP contribution in [0.15, 0.2) is 72.8 Å². The van der Waals surface area contributed by atoms with Gasteiger partial charge in [0, 0.05) is 23.2 Å². The molecule has 0 radical (unpaired) electrons. The van der Waals surface area contributed by atoms with E-state index in [0.29, 0.717) is 30.6 Å². The molecule has 35 heavy (non-hydrogen) atoms. The number of amides is 1. The molecule has 0 atom stereocenters. The molecule has 0 unspecified atom stereocenters. The number of primary amides is 1. The van der Waals surface area contributed by atoms with Crippen LogP contribution in [0.1, 0.15) is 45.3 Å². The minimum absolute atomic E-state index is 0.00302. The van der Waals surface area contributed by atoms with Crippen molar-refractivity contribution in [3.05, 3.63) is 95.2 Å². The number of carbonyl (C=O) groups excluding carboxylic acids is 3. The number of aliphatic carboxylic acids is 1. The van der Waals surface area contributed by atoms with Gasteiger partial charge in [0.05, 0.1) is 11.1 Å². The van der Waals surface area contributed by atoms with Gasteiger partial charge in [-0.15, -0.1) is 0 Å². The fraction of sp³-hybridized carbons (Fsp3) is 0.143. The van der Waals surface area contributed by atoms with Gasteiger partial charge in [0.15, 0.2) is 0 Å². The van der Waals surface area contributed by atoms with Gasteiger partial charge in [-0.1, -0.05) is 74.0 Å². The smallest absolute Gasteiger partial charge is 0.377 e. The van der Waals surface area contributed by atoms with E-state index in [-0.39, 0.29) is 16.5 Å². The average molecular weight is 469 g/mol. The third-order valence-corrected chi connectivity index (χ3v) is 6.00. The van der Waals surface area contributed by atoms with Crippen LogP contribution in [0.25, 0.3) is 22.0 Å². The van der Waals surface area contributed by atoms with Crippen LogP contribution in [0.5, 0.6) is 0 Å². The summed E-state index contributed by atoms with van der Waals surface area (Å²) < 4.78 is 1.88. The maximum Gasteiger partial charge on any atom is 0.377 e. The molecule has 3 N–H and O–H groups in total. The Morgan fingerprint density at radius 3 is 2.20 bits per heavy atom. The van der Waals surface area contributed by atoms with Crippen LogP contribution >= 0.6 is 0 Å². The highest BCUT2D eigenvalue weighted by molar-refractivity contribution is 6.48. The minimum atomic E-state index is -1.64. The molecule has 1 amide bonds. The second-order valence-corrected chi connectivity index (χ2v) is 8.21. The van der Waals surface area contributed by atoms with E-state index in [1.165, 1.54) is 6.07 Å². The molecular formula is C28H24N2O5. The van der Waals surface area contributed by atoms with E-state index in [1.807, 2.05) is 66.1 Å². The Morgan fingerprint density at radius 1 is 0.857 bits per heavy atom. The Hall–Kier alpha value is -4.52. The highest BCUT2D eigenvalue weighted by atomic mass is 16.4. The molecule has 0 fully saturated rings. The van der Waals surface area contributed by atoms with Crippen molar-refractivity contribution in [1.82, 2.24) is 4.57 Å². The topological polar surface area (TPSA) is 119 Å². The molecule has 3 aromatic carbocycles. The molecule has 0 aliphatic rings. The lowest BCUT2D eigenvalue weighted by molar-refractivity contribution is -0.131. The third-order valence-electron chi connectivity index (χ3n) is 6.00. The number of ketones is 2. The Morgan fingerprint density at radius 2 is 1.54 bits per heavy atom. The fourth-order valence-electron chi connectivity index (χ4n) is 4.53. The van der Waals surface area contributed by atoms with Gasteiger partial charge in [-0.05, 0) is 35.2 Å². The Bertz CT molecular complexity index is 1470. The maximum absolute atomic E-state index is 13.0. The maximum atomic E-state index is 13.0. The van der Waals surface area contributed by atoms with Crippen molar-refractivity contribution in [1.29, 1.82) is 0 Å². The number of hydrogen-bond acceptors (Lipinski definition) is 4. The molecule has 0 saturated heterocycles. The molecule has 0 spiro atoms. The summed E-state index contributed by atoms with van der Waals surface area (Å²) in [5.74, 6) is -4.91. The van der Waals surface area contributed by atoms with Crippen LogP contribution in [-0.2, 0) is 22.6 Å². The highest BCUT2D eigenvalue weighted by Gasteiger charge is 2.30. The first-order valence-electron chi connectivity index (χ1n) is 11.2. The van der Waals surface area contributed by atoms with E-state index in [2.05, 4.69) is 0 Å². The zero-order valence-electron chi connectivity index (χ0n) is 19.2. The summed E-state index contributed by atoms with van der Waals surface area (Å²) >= 11 is 0. The zero-order chi connectivity index (χ0) is 25.1. The SMILES string of the molecule is CCCc1c(C(=O)C(N)=O)c2c(C(=O)C(=O)O)cccc2n1Cc1ccccc1-c1ccccc1. The molecule has 4 rings (SSSR count). The lowest BCUT2D eigenvalue weighted by Crippen LogP contribution is -2.25. The molecule has 1 aromatic heterocycles. The van der Waals surface area contributed by atoms with Crippen LogP contribution in [0.2, 0.25) is 0 Å². The number of carbonyl (C=O) groups is 4. The second-order valence-electron chi connectivity index (χ2n) is 8.21. The summed E-state index contributed by atoms with van der Waals surface area (Å²) in [5.41, 5.74) is 9.24. The van der Waals surface area contributed by atoms with Crippen molar-refractivity contribution in [3.63, 3.8) is 0 Å². The number of carboxylic acid groups (broad SMARTS) is 1.